The van der Waals surface area contributed by atoms with Gasteiger partial charge in [-0.05, 0) is 69.8 Å². The maximum Gasteiger partial charge on any atom is 0.253 e. The number of piperidine rings is 1. The molecule has 248 valence electrons. The van der Waals surface area contributed by atoms with Crippen molar-refractivity contribution in [2.45, 2.75) is 72.8 Å². The highest BCUT2D eigenvalue weighted by atomic mass is 16.3. The summed E-state index contributed by atoms with van der Waals surface area (Å²) in [5, 5.41) is 31.9. The van der Waals surface area contributed by atoms with Gasteiger partial charge in [0.1, 0.15) is 0 Å². The zero-order valence-corrected chi connectivity index (χ0v) is 28.0. The average Bonchev–Trinajstić information content (AvgIpc) is 3.87. The second-order valence-corrected chi connectivity index (χ2v) is 12.2. The molecule has 9 heteroatoms. The van der Waals surface area contributed by atoms with Crippen LogP contribution >= 0.6 is 0 Å². The first kappa shape index (κ1) is 35.9. The number of hydrogen-bond acceptors (Lipinski definition) is 8. The third kappa shape index (κ3) is 12.0. The summed E-state index contributed by atoms with van der Waals surface area (Å²) in [6.07, 6.45) is 19.0. The molecule has 1 saturated carbocycles. The molecule has 0 atom stereocenters. The van der Waals surface area contributed by atoms with Gasteiger partial charge in [-0.15, -0.1) is 0 Å². The van der Waals surface area contributed by atoms with Crippen molar-refractivity contribution < 1.29 is 20.1 Å². The van der Waals surface area contributed by atoms with E-state index in [0.717, 1.165) is 64.4 Å². The molecule has 1 aromatic heterocycles. The fraction of sp³-hybridized carbons (Fsp3) is 0.556. The normalized spacial score (nSPS) is 20.2. The Balaban J connectivity index is 0.000000837. The Kier molecular flexibility index (Phi) is 14.7. The number of aliphatic hydroxyl groups excluding tert-OH is 2. The Morgan fingerprint density at radius 3 is 2.29 bits per heavy atom. The molecular weight excluding hydrogens is 566 g/mol. The Hall–Kier alpha value is -3.56. The van der Waals surface area contributed by atoms with E-state index in [1.54, 1.807) is 0 Å². The fourth-order valence-corrected chi connectivity index (χ4v) is 5.55. The van der Waals surface area contributed by atoms with Gasteiger partial charge in [0.15, 0.2) is 11.6 Å². The summed E-state index contributed by atoms with van der Waals surface area (Å²) in [4.78, 5) is 24.1. The molecule has 4 N–H and O–H groups in total. The van der Waals surface area contributed by atoms with Gasteiger partial charge in [0.25, 0.3) is 5.91 Å². The molecule has 9 nitrogen and oxygen atoms in total. The molecule has 3 heterocycles. The largest absolute Gasteiger partial charge is 0.515 e. The van der Waals surface area contributed by atoms with E-state index in [2.05, 4.69) is 63.2 Å². The standard InChI is InChI=1S/C30H41N5O4.C4H8.C2H6/c1-22-4-3-5-24(7-6-22)20-33-10-8-27(9-11-33)34-12-14-35(15-13-34)29-28(38)17-26(19-31-29)30(39)32-18-25(21-36)16-23(2)37;1-4-2-3-4;1-2/h4-7,16-17,19,21,27,36-38H,3,8-15,18,20H2,1-2H3,(H,32,39);4H,2-3H2,1H3;1-2H3/b23-16+,25-21+;;. The van der Waals surface area contributed by atoms with Gasteiger partial charge in [-0.25, -0.2) is 4.98 Å². The molecule has 1 amide bonds. The Morgan fingerprint density at radius 2 is 1.71 bits per heavy atom. The second kappa shape index (κ2) is 18.4. The van der Waals surface area contributed by atoms with Gasteiger partial charge < -0.3 is 25.5 Å². The average molecular weight is 622 g/mol. The highest BCUT2D eigenvalue weighted by Crippen LogP contribution is 2.28. The van der Waals surface area contributed by atoms with E-state index in [1.807, 2.05) is 13.8 Å². The third-order valence-corrected chi connectivity index (χ3v) is 8.46. The monoisotopic (exact) mass is 621 g/mol. The molecular formula is C36H55N5O4. The highest BCUT2D eigenvalue weighted by molar-refractivity contribution is 5.94. The molecule has 4 aliphatic rings. The number of nitrogens with one attached hydrogen (secondary N) is 1. The molecule has 0 unspecified atom stereocenters. The second-order valence-electron chi connectivity index (χ2n) is 12.2. The molecule has 0 radical (unpaired) electrons. The van der Waals surface area contributed by atoms with Crippen LogP contribution in [0.4, 0.5) is 5.82 Å². The zero-order valence-electron chi connectivity index (χ0n) is 28.0. The molecule has 0 aromatic carbocycles. The number of piperazine rings is 1. The van der Waals surface area contributed by atoms with Gasteiger partial charge in [-0.1, -0.05) is 63.5 Å². The topological polar surface area (TPSA) is 112 Å². The number of allylic oxidation sites excluding steroid dienone is 5. The van der Waals surface area contributed by atoms with Crippen LogP contribution in [-0.4, -0.2) is 94.4 Å². The van der Waals surface area contributed by atoms with Gasteiger partial charge in [0.2, 0.25) is 0 Å². The van der Waals surface area contributed by atoms with E-state index < -0.39 is 5.91 Å². The number of nitrogens with zero attached hydrogens (tertiary/aromatic N) is 4. The van der Waals surface area contributed by atoms with Crippen molar-refractivity contribution >= 4 is 11.7 Å². The van der Waals surface area contributed by atoms with Gasteiger partial charge in [0.05, 0.1) is 17.6 Å². The number of likely N-dealkylation sites (tertiary alicyclic amines) is 1. The summed E-state index contributed by atoms with van der Waals surface area (Å²) in [7, 11) is 0. The molecule has 2 saturated heterocycles. The van der Waals surface area contributed by atoms with Crippen LogP contribution in [0.15, 0.2) is 71.4 Å². The van der Waals surface area contributed by atoms with E-state index >= 15 is 0 Å². The zero-order chi connectivity index (χ0) is 32.8. The maximum atomic E-state index is 12.5. The predicted molar refractivity (Wildman–Crippen MR) is 184 cm³/mol. The van der Waals surface area contributed by atoms with Crippen molar-refractivity contribution in [3.05, 3.63) is 76.9 Å². The van der Waals surface area contributed by atoms with E-state index in [4.69, 9.17) is 0 Å². The molecule has 3 fully saturated rings. The molecule has 5 rings (SSSR count). The lowest BCUT2D eigenvalue weighted by molar-refractivity contribution is 0.0956. The summed E-state index contributed by atoms with van der Waals surface area (Å²) in [6, 6.07) is 2.01. The Labute approximate surface area is 270 Å². The minimum atomic E-state index is -0.429. The summed E-state index contributed by atoms with van der Waals surface area (Å²) in [6.45, 7) is 16.6. The first-order valence-corrected chi connectivity index (χ1v) is 16.6. The Bertz CT molecular complexity index is 1240. The predicted octanol–water partition coefficient (Wildman–Crippen LogP) is 6.28. The van der Waals surface area contributed by atoms with Crippen LogP contribution < -0.4 is 10.2 Å². The summed E-state index contributed by atoms with van der Waals surface area (Å²) in [5.74, 6) is 1.14. The lowest BCUT2D eigenvalue weighted by atomic mass is 10.0. The van der Waals surface area contributed by atoms with Crippen LogP contribution in [0.2, 0.25) is 0 Å². The number of carbonyl (C=O) groups excluding carboxylic acids is 1. The molecule has 0 spiro atoms. The number of hydrogen-bond donors (Lipinski definition) is 4. The summed E-state index contributed by atoms with van der Waals surface area (Å²) >= 11 is 0. The molecule has 45 heavy (non-hydrogen) atoms. The van der Waals surface area contributed by atoms with Crippen LogP contribution in [0.1, 0.15) is 77.1 Å². The minimum absolute atomic E-state index is 0.0207. The molecule has 1 aromatic rings. The first-order valence-electron chi connectivity index (χ1n) is 16.6. The number of aromatic hydroxyl groups is 1. The summed E-state index contributed by atoms with van der Waals surface area (Å²) in [5.41, 5.74) is 3.32. The number of aliphatic hydroxyl groups is 2. The van der Waals surface area contributed by atoms with Crippen molar-refractivity contribution in [1.82, 2.24) is 20.1 Å². The van der Waals surface area contributed by atoms with Crippen LogP contribution in [0, 0.1) is 5.92 Å². The van der Waals surface area contributed by atoms with E-state index in [1.165, 1.54) is 62.1 Å². The molecule has 2 aliphatic heterocycles. The highest BCUT2D eigenvalue weighted by Gasteiger charge is 2.29. The van der Waals surface area contributed by atoms with Crippen LogP contribution in [0.5, 0.6) is 5.75 Å². The fourth-order valence-electron chi connectivity index (χ4n) is 5.55. The van der Waals surface area contributed by atoms with Crippen molar-refractivity contribution in [2.75, 3.05) is 57.3 Å². The van der Waals surface area contributed by atoms with E-state index in [0.29, 0.717) is 17.4 Å². The number of aromatic nitrogens is 1. The SMILES string of the molecule is CC.CC1=CCC=C(CN2CCC(N3CCN(c4ncc(C(=O)NCC(/C=C(\C)O)=C/O)cc4O)CC3)CC2)C=C1.CC1CC1. The first-order chi connectivity index (χ1) is 21.7. The van der Waals surface area contributed by atoms with Gasteiger partial charge in [-0.2, -0.15) is 0 Å². The Morgan fingerprint density at radius 1 is 1.04 bits per heavy atom. The van der Waals surface area contributed by atoms with Crippen LogP contribution in [-0.2, 0) is 0 Å². The lowest BCUT2D eigenvalue weighted by Crippen LogP contribution is -2.53. The molecule has 2 aliphatic carbocycles. The van der Waals surface area contributed by atoms with Gasteiger partial charge in [-0.3, -0.25) is 14.6 Å². The van der Waals surface area contributed by atoms with Gasteiger partial charge >= 0.3 is 0 Å². The quantitative estimate of drug-likeness (QED) is 0.198. The minimum Gasteiger partial charge on any atom is -0.515 e. The van der Waals surface area contributed by atoms with E-state index in [9.17, 15) is 20.1 Å². The van der Waals surface area contributed by atoms with Crippen LogP contribution in [0.25, 0.3) is 0 Å². The van der Waals surface area contributed by atoms with Crippen molar-refractivity contribution in [3.8, 4) is 5.75 Å². The number of rotatable bonds is 8. The van der Waals surface area contributed by atoms with E-state index in [-0.39, 0.29) is 23.6 Å². The lowest BCUT2D eigenvalue weighted by Gasteiger charge is -2.43. The van der Waals surface area contributed by atoms with Crippen molar-refractivity contribution in [3.63, 3.8) is 0 Å². The number of carbonyl (C=O) groups is 1. The third-order valence-electron chi connectivity index (χ3n) is 8.46. The number of pyridine rings is 1. The van der Waals surface area contributed by atoms with Gasteiger partial charge in [0, 0.05) is 57.1 Å². The summed E-state index contributed by atoms with van der Waals surface area (Å²) < 4.78 is 0. The van der Waals surface area contributed by atoms with Crippen molar-refractivity contribution in [2.24, 2.45) is 5.92 Å². The van der Waals surface area contributed by atoms with Crippen molar-refractivity contribution in [1.29, 1.82) is 0 Å². The smallest absolute Gasteiger partial charge is 0.253 e. The van der Waals surface area contributed by atoms with Crippen LogP contribution in [0.3, 0.4) is 0 Å². The maximum absolute atomic E-state index is 12.5. The number of amides is 1. The number of anilines is 1. The molecule has 0 bridgehead atoms.